The molecule has 0 aliphatic heterocycles. The first kappa shape index (κ1) is 16.5. The third-order valence-electron chi connectivity index (χ3n) is 3.06. The summed E-state index contributed by atoms with van der Waals surface area (Å²) in [6, 6.07) is 11.3. The molecule has 0 amide bonds. The van der Waals surface area contributed by atoms with Gasteiger partial charge in [0.2, 0.25) is 5.88 Å². The summed E-state index contributed by atoms with van der Waals surface area (Å²) in [5.41, 5.74) is 2.01. The predicted molar refractivity (Wildman–Crippen MR) is 87.0 cm³/mol. The Morgan fingerprint density at radius 1 is 1.26 bits per heavy atom. The lowest BCUT2D eigenvalue weighted by molar-refractivity contribution is 0.0599. The molecule has 0 fully saturated rings. The van der Waals surface area contributed by atoms with E-state index in [0.29, 0.717) is 30.2 Å². The third-order valence-corrected chi connectivity index (χ3v) is 3.06. The minimum Gasteiger partial charge on any atom is -0.501 e. The molecule has 0 saturated heterocycles. The SMILES string of the molecule is CCOC=Cc1cnc(OCc2ccccc2)cc1C(=O)OC. The Labute approximate surface area is 135 Å². The second kappa shape index (κ2) is 8.58. The highest BCUT2D eigenvalue weighted by molar-refractivity contribution is 5.93. The number of esters is 1. The minimum absolute atomic E-state index is 0.364. The van der Waals surface area contributed by atoms with Gasteiger partial charge in [0.05, 0.1) is 25.5 Å². The number of hydrogen-bond donors (Lipinski definition) is 0. The molecule has 2 aromatic rings. The van der Waals surface area contributed by atoms with Crippen LogP contribution in [0.25, 0.3) is 6.08 Å². The average Bonchev–Trinajstić information content (AvgIpc) is 2.61. The van der Waals surface area contributed by atoms with Crippen molar-refractivity contribution in [1.29, 1.82) is 0 Å². The monoisotopic (exact) mass is 313 g/mol. The zero-order valence-electron chi connectivity index (χ0n) is 13.2. The van der Waals surface area contributed by atoms with Crippen molar-refractivity contribution in [3.8, 4) is 5.88 Å². The van der Waals surface area contributed by atoms with Crippen LogP contribution in [0.4, 0.5) is 0 Å². The summed E-state index contributed by atoms with van der Waals surface area (Å²) in [5.74, 6) is -0.0871. The fourth-order valence-corrected chi connectivity index (χ4v) is 1.89. The van der Waals surface area contributed by atoms with Crippen LogP contribution >= 0.6 is 0 Å². The molecular weight excluding hydrogens is 294 g/mol. The molecule has 0 atom stereocenters. The van der Waals surface area contributed by atoms with E-state index in [2.05, 4.69) is 4.98 Å². The first-order valence-electron chi connectivity index (χ1n) is 7.27. The molecule has 0 aliphatic carbocycles. The van der Waals surface area contributed by atoms with Crippen molar-refractivity contribution in [1.82, 2.24) is 4.98 Å². The number of methoxy groups -OCH3 is 1. The van der Waals surface area contributed by atoms with Crippen LogP contribution < -0.4 is 4.74 Å². The number of carbonyl (C=O) groups excluding carboxylic acids is 1. The van der Waals surface area contributed by atoms with E-state index in [0.717, 1.165) is 5.56 Å². The fourth-order valence-electron chi connectivity index (χ4n) is 1.89. The Bertz CT molecular complexity index is 668. The Kier molecular flexibility index (Phi) is 6.17. The summed E-state index contributed by atoms with van der Waals surface area (Å²) in [5, 5.41) is 0. The van der Waals surface area contributed by atoms with Crippen molar-refractivity contribution in [2.24, 2.45) is 0 Å². The third kappa shape index (κ3) is 4.85. The summed E-state index contributed by atoms with van der Waals surface area (Å²) in [4.78, 5) is 16.1. The van der Waals surface area contributed by atoms with Gasteiger partial charge in [-0.3, -0.25) is 0 Å². The molecule has 0 unspecified atom stereocenters. The van der Waals surface area contributed by atoms with Gasteiger partial charge in [-0.05, 0) is 18.6 Å². The number of nitrogens with zero attached hydrogens (tertiary/aromatic N) is 1. The Balaban J connectivity index is 2.16. The summed E-state index contributed by atoms with van der Waals surface area (Å²) in [6.07, 6.45) is 4.75. The average molecular weight is 313 g/mol. The number of pyridine rings is 1. The molecule has 5 heteroatoms. The number of ether oxygens (including phenoxy) is 3. The molecule has 0 bridgehead atoms. The first-order chi connectivity index (χ1) is 11.2. The van der Waals surface area contributed by atoms with Gasteiger partial charge in [-0.2, -0.15) is 0 Å². The highest BCUT2D eigenvalue weighted by atomic mass is 16.5. The minimum atomic E-state index is -0.451. The number of benzene rings is 1. The van der Waals surface area contributed by atoms with Crippen LogP contribution in [0.5, 0.6) is 5.88 Å². The number of rotatable bonds is 7. The van der Waals surface area contributed by atoms with Crippen molar-refractivity contribution in [2.45, 2.75) is 13.5 Å². The van der Waals surface area contributed by atoms with Crippen molar-refractivity contribution >= 4 is 12.0 Å². The van der Waals surface area contributed by atoms with Gasteiger partial charge in [-0.1, -0.05) is 30.3 Å². The Morgan fingerprint density at radius 2 is 2.04 bits per heavy atom. The van der Waals surface area contributed by atoms with E-state index in [9.17, 15) is 4.79 Å². The molecule has 0 N–H and O–H groups in total. The molecule has 1 aromatic carbocycles. The normalized spacial score (nSPS) is 10.5. The molecule has 1 heterocycles. The van der Waals surface area contributed by atoms with E-state index in [1.165, 1.54) is 13.4 Å². The maximum Gasteiger partial charge on any atom is 0.338 e. The number of hydrogen-bond acceptors (Lipinski definition) is 5. The molecule has 1 aromatic heterocycles. The van der Waals surface area contributed by atoms with Gasteiger partial charge in [-0.25, -0.2) is 9.78 Å². The van der Waals surface area contributed by atoms with Crippen LogP contribution in [0, 0.1) is 0 Å². The largest absolute Gasteiger partial charge is 0.501 e. The molecule has 0 spiro atoms. The first-order valence-corrected chi connectivity index (χ1v) is 7.27. The van der Waals surface area contributed by atoms with Gasteiger partial charge in [0.1, 0.15) is 6.61 Å². The van der Waals surface area contributed by atoms with Gasteiger partial charge in [0.25, 0.3) is 0 Å². The van der Waals surface area contributed by atoms with Crippen LogP contribution in [0.2, 0.25) is 0 Å². The van der Waals surface area contributed by atoms with Crippen LogP contribution in [0.15, 0.2) is 48.9 Å². The summed E-state index contributed by atoms with van der Waals surface area (Å²) in [7, 11) is 1.34. The lowest BCUT2D eigenvalue weighted by atomic mass is 10.1. The van der Waals surface area contributed by atoms with Gasteiger partial charge in [0, 0.05) is 17.8 Å². The zero-order valence-corrected chi connectivity index (χ0v) is 13.2. The van der Waals surface area contributed by atoms with Crippen molar-refractivity contribution in [2.75, 3.05) is 13.7 Å². The van der Waals surface area contributed by atoms with E-state index >= 15 is 0 Å². The molecule has 0 saturated carbocycles. The van der Waals surface area contributed by atoms with E-state index in [1.54, 1.807) is 18.3 Å². The summed E-state index contributed by atoms with van der Waals surface area (Å²) >= 11 is 0. The van der Waals surface area contributed by atoms with Gasteiger partial charge >= 0.3 is 5.97 Å². The lowest BCUT2D eigenvalue weighted by Gasteiger charge is -2.09. The van der Waals surface area contributed by atoms with Crippen LogP contribution in [-0.4, -0.2) is 24.7 Å². The maximum absolute atomic E-state index is 11.9. The van der Waals surface area contributed by atoms with Gasteiger partial charge in [-0.15, -0.1) is 0 Å². The Morgan fingerprint density at radius 3 is 2.74 bits per heavy atom. The molecule has 5 nitrogen and oxygen atoms in total. The van der Waals surface area contributed by atoms with Crippen LogP contribution in [-0.2, 0) is 16.1 Å². The Hall–Kier alpha value is -2.82. The number of aromatic nitrogens is 1. The molecule has 120 valence electrons. The molecule has 23 heavy (non-hydrogen) atoms. The smallest absolute Gasteiger partial charge is 0.338 e. The molecular formula is C18H19NO4. The van der Waals surface area contributed by atoms with Gasteiger partial charge in [0.15, 0.2) is 0 Å². The van der Waals surface area contributed by atoms with Gasteiger partial charge < -0.3 is 14.2 Å². The predicted octanol–water partition coefficient (Wildman–Crippen LogP) is 3.45. The molecule has 0 radical (unpaired) electrons. The second-order valence-corrected chi connectivity index (χ2v) is 4.63. The van der Waals surface area contributed by atoms with Crippen molar-refractivity contribution in [3.05, 3.63) is 65.5 Å². The molecule has 0 aliphatic rings. The van der Waals surface area contributed by atoms with Crippen molar-refractivity contribution < 1.29 is 19.0 Å². The van der Waals surface area contributed by atoms with E-state index in [4.69, 9.17) is 14.2 Å². The summed E-state index contributed by atoms with van der Waals surface area (Å²) in [6.45, 7) is 2.81. The summed E-state index contributed by atoms with van der Waals surface area (Å²) < 4.78 is 15.6. The topological polar surface area (TPSA) is 57.7 Å². The second-order valence-electron chi connectivity index (χ2n) is 4.63. The highest BCUT2D eigenvalue weighted by Crippen LogP contribution is 2.18. The van der Waals surface area contributed by atoms with Crippen molar-refractivity contribution in [3.63, 3.8) is 0 Å². The van der Waals surface area contributed by atoms with Crippen LogP contribution in [0.3, 0.4) is 0 Å². The quantitative estimate of drug-likeness (QED) is 0.579. The van der Waals surface area contributed by atoms with E-state index in [1.807, 2.05) is 37.3 Å². The standard InChI is InChI=1S/C18H19NO4/c1-3-22-10-9-15-12-19-17(11-16(15)18(20)21-2)23-13-14-7-5-4-6-8-14/h4-12H,3,13H2,1-2H3. The zero-order chi connectivity index (χ0) is 16.5. The van der Waals surface area contributed by atoms with E-state index < -0.39 is 5.97 Å². The number of carbonyl (C=O) groups is 1. The van der Waals surface area contributed by atoms with E-state index in [-0.39, 0.29) is 0 Å². The molecule has 2 rings (SSSR count). The highest BCUT2D eigenvalue weighted by Gasteiger charge is 2.13. The maximum atomic E-state index is 11.9. The fraction of sp³-hybridized carbons (Fsp3) is 0.222. The lowest BCUT2D eigenvalue weighted by Crippen LogP contribution is -2.06. The van der Waals surface area contributed by atoms with Crippen LogP contribution in [0.1, 0.15) is 28.4 Å².